The van der Waals surface area contributed by atoms with Crippen LogP contribution in [0.2, 0.25) is 0 Å². The maximum absolute atomic E-state index is 13.6. The summed E-state index contributed by atoms with van der Waals surface area (Å²) in [6.45, 7) is 6.07. The van der Waals surface area contributed by atoms with Crippen LogP contribution in [0, 0.1) is 11.7 Å². The number of hydrogen-bond donors (Lipinski definition) is 1. The van der Waals surface area contributed by atoms with Gasteiger partial charge in [-0.15, -0.1) is 0 Å². The second kappa shape index (κ2) is 5.08. The summed E-state index contributed by atoms with van der Waals surface area (Å²) in [5, 5.41) is 0. The summed E-state index contributed by atoms with van der Waals surface area (Å²) in [6, 6.07) is 4.96. The molecule has 0 amide bonds. The SMILES string of the molecule is CC(C)C(N)C(C)c1cc(Br)ccc1F. The molecule has 1 aromatic carbocycles. The van der Waals surface area contributed by atoms with Crippen LogP contribution in [0.1, 0.15) is 32.3 Å². The smallest absolute Gasteiger partial charge is 0.126 e. The van der Waals surface area contributed by atoms with E-state index in [0.717, 1.165) is 4.47 Å². The molecule has 0 aliphatic heterocycles. The van der Waals surface area contributed by atoms with Crippen molar-refractivity contribution in [1.82, 2.24) is 0 Å². The monoisotopic (exact) mass is 273 g/mol. The van der Waals surface area contributed by atoms with Crippen LogP contribution in [-0.4, -0.2) is 6.04 Å². The van der Waals surface area contributed by atoms with Crippen molar-refractivity contribution >= 4 is 15.9 Å². The third kappa shape index (κ3) is 3.02. The Morgan fingerprint density at radius 3 is 2.40 bits per heavy atom. The normalized spacial score (nSPS) is 15.4. The molecule has 3 heteroatoms. The number of benzene rings is 1. The Bertz CT molecular complexity index is 338. The Labute approximate surface area is 99.0 Å². The maximum Gasteiger partial charge on any atom is 0.126 e. The third-order valence-corrected chi connectivity index (χ3v) is 3.29. The Kier molecular flexibility index (Phi) is 4.29. The van der Waals surface area contributed by atoms with E-state index in [1.54, 1.807) is 6.07 Å². The fourth-order valence-electron chi connectivity index (χ4n) is 1.65. The summed E-state index contributed by atoms with van der Waals surface area (Å²) in [5.74, 6) is 0.197. The molecular weight excluding hydrogens is 257 g/mol. The first kappa shape index (κ1) is 12.7. The molecule has 0 heterocycles. The molecule has 0 bridgehead atoms. The molecule has 0 aliphatic carbocycles. The lowest BCUT2D eigenvalue weighted by molar-refractivity contribution is 0.424. The van der Waals surface area contributed by atoms with Gasteiger partial charge in [-0.1, -0.05) is 36.7 Å². The van der Waals surface area contributed by atoms with E-state index in [2.05, 4.69) is 29.8 Å². The van der Waals surface area contributed by atoms with Gasteiger partial charge in [-0.25, -0.2) is 4.39 Å². The van der Waals surface area contributed by atoms with Crippen LogP contribution in [0.3, 0.4) is 0 Å². The number of nitrogens with two attached hydrogens (primary N) is 1. The summed E-state index contributed by atoms with van der Waals surface area (Å²) >= 11 is 3.34. The fourth-order valence-corrected chi connectivity index (χ4v) is 2.03. The zero-order chi connectivity index (χ0) is 11.6. The van der Waals surface area contributed by atoms with E-state index in [9.17, 15) is 4.39 Å². The van der Waals surface area contributed by atoms with Crippen molar-refractivity contribution in [2.45, 2.75) is 32.7 Å². The van der Waals surface area contributed by atoms with Gasteiger partial charge in [0.2, 0.25) is 0 Å². The maximum atomic E-state index is 13.6. The predicted octanol–water partition coefficient (Wildman–Crippen LogP) is 3.68. The van der Waals surface area contributed by atoms with Crippen molar-refractivity contribution in [2.24, 2.45) is 11.7 Å². The van der Waals surface area contributed by atoms with Crippen molar-refractivity contribution < 1.29 is 4.39 Å². The Hall–Kier alpha value is -0.410. The van der Waals surface area contributed by atoms with Crippen molar-refractivity contribution in [3.8, 4) is 0 Å². The highest BCUT2D eigenvalue weighted by Crippen LogP contribution is 2.27. The topological polar surface area (TPSA) is 26.0 Å². The lowest BCUT2D eigenvalue weighted by Crippen LogP contribution is -2.32. The lowest BCUT2D eigenvalue weighted by Gasteiger charge is -2.24. The first-order valence-corrected chi connectivity index (χ1v) is 5.93. The highest BCUT2D eigenvalue weighted by atomic mass is 79.9. The minimum Gasteiger partial charge on any atom is -0.327 e. The van der Waals surface area contributed by atoms with Gasteiger partial charge >= 0.3 is 0 Å². The van der Waals surface area contributed by atoms with E-state index in [4.69, 9.17) is 5.73 Å². The molecule has 0 radical (unpaired) electrons. The molecule has 0 spiro atoms. The number of rotatable bonds is 3. The molecule has 0 aromatic heterocycles. The largest absolute Gasteiger partial charge is 0.327 e. The average Bonchev–Trinajstić information content (AvgIpc) is 2.19. The Morgan fingerprint density at radius 2 is 1.87 bits per heavy atom. The van der Waals surface area contributed by atoms with Crippen molar-refractivity contribution in [3.63, 3.8) is 0 Å². The van der Waals surface area contributed by atoms with E-state index in [1.165, 1.54) is 6.07 Å². The van der Waals surface area contributed by atoms with Gasteiger partial charge in [0.25, 0.3) is 0 Å². The lowest BCUT2D eigenvalue weighted by atomic mass is 9.87. The van der Waals surface area contributed by atoms with E-state index < -0.39 is 0 Å². The molecule has 0 aliphatic rings. The van der Waals surface area contributed by atoms with Crippen LogP contribution in [0.5, 0.6) is 0 Å². The van der Waals surface area contributed by atoms with Gasteiger partial charge in [0.1, 0.15) is 5.82 Å². The summed E-state index contributed by atoms with van der Waals surface area (Å²) in [5.41, 5.74) is 6.71. The molecule has 0 saturated heterocycles. The molecule has 2 N–H and O–H groups in total. The zero-order valence-electron chi connectivity index (χ0n) is 9.30. The minimum atomic E-state index is -0.179. The number of halogens is 2. The molecule has 0 saturated carbocycles. The molecule has 1 rings (SSSR count). The van der Waals surface area contributed by atoms with Crippen LogP contribution in [0.25, 0.3) is 0 Å². The van der Waals surface area contributed by atoms with Gasteiger partial charge in [0.05, 0.1) is 0 Å². The summed E-state index contributed by atoms with van der Waals surface area (Å²) in [7, 11) is 0. The average molecular weight is 274 g/mol. The highest BCUT2D eigenvalue weighted by Gasteiger charge is 2.20. The van der Waals surface area contributed by atoms with Gasteiger partial charge in [-0.05, 0) is 35.6 Å². The van der Waals surface area contributed by atoms with Crippen LogP contribution in [0.4, 0.5) is 4.39 Å². The molecule has 1 aromatic rings. The highest BCUT2D eigenvalue weighted by molar-refractivity contribution is 9.10. The standard InChI is InChI=1S/C12H17BrFN/c1-7(2)12(15)8(3)10-6-9(13)4-5-11(10)14/h4-8,12H,15H2,1-3H3. The quantitative estimate of drug-likeness (QED) is 0.894. The molecule has 84 valence electrons. The van der Waals surface area contributed by atoms with Crippen LogP contribution >= 0.6 is 15.9 Å². The van der Waals surface area contributed by atoms with Crippen LogP contribution in [0.15, 0.2) is 22.7 Å². The predicted molar refractivity (Wildman–Crippen MR) is 65.3 cm³/mol. The van der Waals surface area contributed by atoms with Gasteiger partial charge in [-0.2, -0.15) is 0 Å². The molecule has 0 fully saturated rings. The summed E-state index contributed by atoms with van der Waals surface area (Å²) in [4.78, 5) is 0. The minimum absolute atomic E-state index is 0.0196. The third-order valence-electron chi connectivity index (χ3n) is 2.80. The van der Waals surface area contributed by atoms with Crippen molar-refractivity contribution in [1.29, 1.82) is 0 Å². The van der Waals surface area contributed by atoms with Crippen LogP contribution < -0.4 is 5.73 Å². The molecule has 2 atom stereocenters. The van der Waals surface area contributed by atoms with Gasteiger partial charge in [0.15, 0.2) is 0 Å². The van der Waals surface area contributed by atoms with Gasteiger partial charge < -0.3 is 5.73 Å². The van der Waals surface area contributed by atoms with E-state index in [-0.39, 0.29) is 17.8 Å². The van der Waals surface area contributed by atoms with E-state index in [1.807, 2.05) is 13.0 Å². The molecule has 1 nitrogen and oxygen atoms in total. The van der Waals surface area contributed by atoms with Crippen molar-refractivity contribution in [3.05, 3.63) is 34.1 Å². The summed E-state index contributed by atoms with van der Waals surface area (Å²) in [6.07, 6.45) is 0. The first-order valence-electron chi connectivity index (χ1n) is 5.14. The van der Waals surface area contributed by atoms with Gasteiger partial charge in [-0.3, -0.25) is 0 Å². The second-order valence-corrected chi connectivity index (χ2v) is 5.19. The second-order valence-electron chi connectivity index (χ2n) is 4.28. The first-order chi connectivity index (χ1) is 6.93. The van der Waals surface area contributed by atoms with Crippen LogP contribution in [-0.2, 0) is 0 Å². The Balaban J connectivity index is 2.99. The van der Waals surface area contributed by atoms with Gasteiger partial charge in [0, 0.05) is 10.5 Å². The zero-order valence-corrected chi connectivity index (χ0v) is 10.9. The molecule has 15 heavy (non-hydrogen) atoms. The van der Waals surface area contributed by atoms with Crippen molar-refractivity contribution in [2.75, 3.05) is 0 Å². The number of hydrogen-bond acceptors (Lipinski definition) is 1. The molecular formula is C12H17BrFN. The summed E-state index contributed by atoms with van der Waals surface area (Å²) < 4.78 is 14.5. The Morgan fingerprint density at radius 1 is 1.27 bits per heavy atom. The fraction of sp³-hybridized carbons (Fsp3) is 0.500. The van der Waals surface area contributed by atoms with E-state index >= 15 is 0 Å². The molecule has 2 unspecified atom stereocenters. The van der Waals surface area contributed by atoms with E-state index in [0.29, 0.717) is 11.5 Å².